The van der Waals surface area contributed by atoms with Crippen molar-refractivity contribution in [1.29, 1.82) is 0 Å². The minimum absolute atomic E-state index is 0.192. The average molecular weight is 498 g/mol. The molecule has 1 fully saturated rings. The number of nitrogens with zero attached hydrogens (tertiary/aromatic N) is 1. The highest BCUT2D eigenvalue weighted by molar-refractivity contribution is 6.39. The molecule has 0 unspecified atom stereocenters. The van der Waals surface area contributed by atoms with E-state index in [4.69, 9.17) is 4.74 Å². The van der Waals surface area contributed by atoms with Crippen LogP contribution in [-0.4, -0.2) is 30.4 Å². The van der Waals surface area contributed by atoms with Crippen molar-refractivity contribution in [3.63, 3.8) is 0 Å². The summed E-state index contributed by atoms with van der Waals surface area (Å²) in [5.41, 5.74) is 5.36. The van der Waals surface area contributed by atoms with Crippen LogP contribution in [0.1, 0.15) is 27.8 Å². The van der Waals surface area contributed by atoms with E-state index in [1.54, 1.807) is 36.4 Å². The number of aryl methyl sites for hydroxylation is 4. The number of rotatable bonds is 6. The fourth-order valence-electron chi connectivity index (χ4n) is 3.91. The first-order valence-electron chi connectivity index (χ1n) is 11.7. The van der Waals surface area contributed by atoms with E-state index in [-0.39, 0.29) is 18.1 Å². The molecule has 5 amide bonds. The second-order valence-electron chi connectivity index (χ2n) is 8.95. The monoisotopic (exact) mass is 497 g/mol. The summed E-state index contributed by atoms with van der Waals surface area (Å²) in [5.74, 6) is -1.44. The van der Waals surface area contributed by atoms with Gasteiger partial charge < -0.3 is 10.1 Å². The molecule has 2 N–H and O–H groups in total. The number of hydrogen-bond acceptors (Lipinski definition) is 5. The zero-order valence-corrected chi connectivity index (χ0v) is 21.0. The second kappa shape index (κ2) is 10.5. The van der Waals surface area contributed by atoms with Gasteiger partial charge in [-0.15, -0.1) is 0 Å². The van der Waals surface area contributed by atoms with Crippen LogP contribution in [0.25, 0.3) is 6.08 Å². The quantitative estimate of drug-likeness (QED) is 0.382. The molecule has 188 valence electrons. The van der Waals surface area contributed by atoms with Gasteiger partial charge in [0.15, 0.2) is 6.61 Å². The van der Waals surface area contributed by atoms with E-state index in [9.17, 15) is 19.2 Å². The van der Waals surface area contributed by atoms with Crippen molar-refractivity contribution >= 4 is 41.2 Å². The van der Waals surface area contributed by atoms with E-state index in [0.29, 0.717) is 22.7 Å². The number of carbonyl (C=O) groups excluding carboxylic acids is 4. The summed E-state index contributed by atoms with van der Waals surface area (Å²) < 4.78 is 5.63. The van der Waals surface area contributed by atoms with Gasteiger partial charge in [-0.05, 0) is 86.4 Å². The highest BCUT2D eigenvalue weighted by Gasteiger charge is 2.36. The molecule has 0 aromatic heterocycles. The summed E-state index contributed by atoms with van der Waals surface area (Å²) in [5, 5.41) is 5.04. The Morgan fingerprint density at radius 3 is 2.43 bits per heavy atom. The van der Waals surface area contributed by atoms with Crippen LogP contribution in [0.15, 0.2) is 66.2 Å². The molecule has 1 heterocycles. The van der Waals surface area contributed by atoms with E-state index in [0.717, 1.165) is 27.2 Å². The first kappa shape index (κ1) is 25.4. The van der Waals surface area contributed by atoms with E-state index in [1.807, 2.05) is 52.0 Å². The topological polar surface area (TPSA) is 105 Å². The maximum Gasteiger partial charge on any atom is 0.335 e. The lowest BCUT2D eigenvalue weighted by Gasteiger charge is -2.26. The van der Waals surface area contributed by atoms with E-state index >= 15 is 0 Å². The second-order valence-corrected chi connectivity index (χ2v) is 8.95. The number of ether oxygens (including phenoxy) is 1. The lowest BCUT2D eigenvalue weighted by Crippen LogP contribution is -2.54. The van der Waals surface area contributed by atoms with Crippen molar-refractivity contribution in [3.05, 3.63) is 94.1 Å². The summed E-state index contributed by atoms with van der Waals surface area (Å²) in [6.45, 7) is 7.47. The first-order valence-corrected chi connectivity index (χ1v) is 11.7. The molecule has 1 aliphatic heterocycles. The molecule has 8 nitrogen and oxygen atoms in total. The molecular weight excluding hydrogens is 470 g/mol. The van der Waals surface area contributed by atoms with Crippen molar-refractivity contribution < 1.29 is 23.9 Å². The lowest BCUT2D eigenvalue weighted by atomic mass is 10.0. The molecule has 0 saturated carbocycles. The van der Waals surface area contributed by atoms with Crippen LogP contribution in [0.2, 0.25) is 0 Å². The normalized spacial score (nSPS) is 14.5. The highest BCUT2D eigenvalue weighted by Crippen LogP contribution is 2.25. The average Bonchev–Trinajstić information content (AvgIpc) is 2.84. The van der Waals surface area contributed by atoms with Crippen LogP contribution in [0.5, 0.6) is 5.75 Å². The van der Waals surface area contributed by atoms with Crippen molar-refractivity contribution in [3.8, 4) is 5.75 Å². The standard InChI is InChI=1S/C29H27N3O5/c1-17-8-11-25(20(4)12-17)30-26(33)16-37-23-7-5-6-21(14-23)15-24-27(34)31-29(36)32(28(24)35)22-10-9-18(2)19(3)13-22/h5-15H,16H2,1-4H3,(H,30,33)(H,31,34,36)/b24-15-. The molecule has 0 radical (unpaired) electrons. The van der Waals surface area contributed by atoms with Crippen LogP contribution in [0, 0.1) is 27.7 Å². The number of nitrogens with one attached hydrogen (secondary N) is 2. The minimum atomic E-state index is -0.803. The zero-order chi connectivity index (χ0) is 26.7. The van der Waals surface area contributed by atoms with Crippen LogP contribution in [0.4, 0.5) is 16.2 Å². The Labute approximate surface area is 214 Å². The third-order valence-electron chi connectivity index (χ3n) is 6.05. The lowest BCUT2D eigenvalue weighted by molar-refractivity contribution is -0.122. The summed E-state index contributed by atoms with van der Waals surface area (Å²) >= 11 is 0. The number of urea groups is 1. The Morgan fingerprint density at radius 2 is 1.70 bits per heavy atom. The van der Waals surface area contributed by atoms with E-state index in [1.165, 1.54) is 6.08 Å². The van der Waals surface area contributed by atoms with Gasteiger partial charge in [-0.2, -0.15) is 0 Å². The minimum Gasteiger partial charge on any atom is -0.484 e. The third-order valence-corrected chi connectivity index (χ3v) is 6.05. The van der Waals surface area contributed by atoms with Gasteiger partial charge in [0.1, 0.15) is 11.3 Å². The third kappa shape index (κ3) is 5.75. The molecular formula is C29H27N3O5. The smallest absolute Gasteiger partial charge is 0.335 e. The number of amides is 5. The zero-order valence-electron chi connectivity index (χ0n) is 21.0. The predicted octanol–water partition coefficient (Wildman–Crippen LogP) is 4.60. The van der Waals surface area contributed by atoms with Gasteiger partial charge in [0.2, 0.25) is 0 Å². The molecule has 0 spiro atoms. The van der Waals surface area contributed by atoms with Crippen molar-refractivity contribution in [2.75, 3.05) is 16.8 Å². The Bertz CT molecular complexity index is 1460. The maximum atomic E-state index is 13.2. The van der Waals surface area contributed by atoms with Crippen molar-refractivity contribution in [1.82, 2.24) is 5.32 Å². The first-order chi connectivity index (χ1) is 17.6. The molecule has 0 aliphatic carbocycles. The fourth-order valence-corrected chi connectivity index (χ4v) is 3.91. The highest BCUT2D eigenvalue weighted by atomic mass is 16.5. The number of hydrogen-bond donors (Lipinski definition) is 2. The van der Waals surface area contributed by atoms with Gasteiger partial charge in [-0.3, -0.25) is 19.7 Å². The van der Waals surface area contributed by atoms with Crippen LogP contribution < -0.4 is 20.3 Å². The molecule has 0 bridgehead atoms. The molecule has 3 aromatic rings. The number of benzene rings is 3. The number of barbiturate groups is 1. The molecule has 1 aliphatic rings. The van der Waals surface area contributed by atoms with Gasteiger partial charge in [0, 0.05) is 5.69 Å². The number of anilines is 2. The van der Waals surface area contributed by atoms with Crippen LogP contribution in [-0.2, 0) is 14.4 Å². The summed E-state index contributed by atoms with van der Waals surface area (Å²) in [4.78, 5) is 51.5. The van der Waals surface area contributed by atoms with E-state index in [2.05, 4.69) is 10.6 Å². The molecule has 0 atom stereocenters. The van der Waals surface area contributed by atoms with Crippen molar-refractivity contribution in [2.45, 2.75) is 27.7 Å². The maximum absolute atomic E-state index is 13.2. The Kier molecular flexibility index (Phi) is 7.20. The fraction of sp³-hybridized carbons (Fsp3) is 0.172. The van der Waals surface area contributed by atoms with Gasteiger partial charge in [-0.25, -0.2) is 9.69 Å². The van der Waals surface area contributed by atoms with Gasteiger partial charge >= 0.3 is 6.03 Å². The molecule has 37 heavy (non-hydrogen) atoms. The van der Waals surface area contributed by atoms with Gasteiger partial charge in [0.05, 0.1) is 5.69 Å². The summed E-state index contributed by atoms with van der Waals surface area (Å²) in [7, 11) is 0. The van der Waals surface area contributed by atoms with E-state index < -0.39 is 17.8 Å². The molecule has 4 rings (SSSR count). The van der Waals surface area contributed by atoms with Gasteiger partial charge in [-0.1, -0.05) is 35.9 Å². The summed E-state index contributed by atoms with van der Waals surface area (Å²) in [6, 6.07) is 16.8. The van der Waals surface area contributed by atoms with Crippen molar-refractivity contribution in [2.24, 2.45) is 0 Å². The SMILES string of the molecule is Cc1ccc(NC(=O)COc2cccc(/C=C3/C(=O)NC(=O)N(c4ccc(C)c(C)c4)C3=O)c2)c(C)c1. The Balaban J connectivity index is 1.49. The Morgan fingerprint density at radius 1 is 0.919 bits per heavy atom. The number of carbonyl (C=O) groups is 4. The van der Waals surface area contributed by atoms with Crippen LogP contribution in [0.3, 0.4) is 0 Å². The number of imide groups is 2. The molecule has 8 heteroatoms. The largest absolute Gasteiger partial charge is 0.484 e. The van der Waals surface area contributed by atoms with Crippen LogP contribution >= 0.6 is 0 Å². The molecule has 3 aromatic carbocycles. The Hall–Kier alpha value is -4.72. The van der Waals surface area contributed by atoms with Gasteiger partial charge in [0.25, 0.3) is 17.7 Å². The summed E-state index contributed by atoms with van der Waals surface area (Å²) in [6.07, 6.45) is 1.39. The molecule has 1 saturated heterocycles. The predicted molar refractivity (Wildman–Crippen MR) is 141 cm³/mol.